The van der Waals surface area contributed by atoms with Gasteiger partial charge in [0.05, 0.1) is 0 Å². The number of anilines is 1. The zero-order chi connectivity index (χ0) is 7.40. The SMILES string of the molecule is CCNc1[c]cnc(Cl)c1. The van der Waals surface area contributed by atoms with Gasteiger partial charge < -0.3 is 5.32 Å². The summed E-state index contributed by atoms with van der Waals surface area (Å²) in [6.07, 6.45) is 1.56. The van der Waals surface area contributed by atoms with E-state index in [0.717, 1.165) is 12.2 Å². The monoisotopic (exact) mass is 155 g/mol. The third kappa shape index (κ3) is 1.88. The number of hydrogen-bond acceptors (Lipinski definition) is 2. The molecule has 0 amide bonds. The van der Waals surface area contributed by atoms with Gasteiger partial charge >= 0.3 is 0 Å². The Morgan fingerprint density at radius 2 is 2.60 bits per heavy atom. The number of nitrogens with one attached hydrogen (secondary N) is 1. The Kier molecular flexibility index (Phi) is 2.51. The van der Waals surface area contributed by atoms with Gasteiger partial charge in [-0.05, 0) is 13.0 Å². The highest BCUT2D eigenvalue weighted by atomic mass is 35.5. The molecule has 10 heavy (non-hydrogen) atoms. The zero-order valence-corrected chi connectivity index (χ0v) is 6.44. The van der Waals surface area contributed by atoms with Crippen LogP contribution in [0.25, 0.3) is 0 Å². The molecule has 1 rings (SSSR count). The molecule has 1 aromatic heterocycles. The number of rotatable bonds is 2. The van der Waals surface area contributed by atoms with Gasteiger partial charge in [-0.2, -0.15) is 0 Å². The molecule has 0 aromatic carbocycles. The van der Waals surface area contributed by atoms with Crippen LogP contribution in [0.3, 0.4) is 0 Å². The molecule has 0 unspecified atom stereocenters. The third-order valence-electron chi connectivity index (χ3n) is 1.04. The summed E-state index contributed by atoms with van der Waals surface area (Å²) in [5.74, 6) is 0. The fraction of sp³-hybridized carbons (Fsp3) is 0.286. The summed E-state index contributed by atoms with van der Waals surface area (Å²) in [7, 11) is 0. The summed E-state index contributed by atoms with van der Waals surface area (Å²) in [6.45, 7) is 2.89. The fourth-order valence-corrected chi connectivity index (χ4v) is 0.812. The maximum Gasteiger partial charge on any atom is 0.131 e. The van der Waals surface area contributed by atoms with Crippen LogP contribution in [0.1, 0.15) is 6.92 Å². The Balaban J connectivity index is 2.75. The van der Waals surface area contributed by atoms with E-state index in [0.29, 0.717) is 5.15 Å². The van der Waals surface area contributed by atoms with Crippen molar-refractivity contribution in [3.63, 3.8) is 0 Å². The minimum Gasteiger partial charge on any atom is -0.385 e. The van der Waals surface area contributed by atoms with Crippen LogP contribution < -0.4 is 5.32 Å². The molecular formula is C7H8ClN2. The summed E-state index contributed by atoms with van der Waals surface area (Å²) in [5.41, 5.74) is 0.891. The van der Waals surface area contributed by atoms with Gasteiger partial charge in [-0.25, -0.2) is 4.98 Å². The first-order valence-electron chi connectivity index (χ1n) is 3.10. The molecule has 0 saturated heterocycles. The van der Waals surface area contributed by atoms with Crippen molar-refractivity contribution in [1.29, 1.82) is 0 Å². The molecule has 0 aliphatic carbocycles. The molecule has 3 heteroatoms. The van der Waals surface area contributed by atoms with E-state index < -0.39 is 0 Å². The molecule has 0 atom stereocenters. The van der Waals surface area contributed by atoms with Crippen LogP contribution in [0.5, 0.6) is 0 Å². The minimum atomic E-state index is 0.495. The lowest BCUT2D eigenvalue weighted by molar-refractivity contribution is 1.20. The van der Waals surface area contributed by atoms with Crippen LogP contribution in [0, 0.1) is 6.07 Å². The van der Waals surface area contributed by atoms with E-state index >= 15 is 0 Å². The Morgan fingerprint density at radius 1 is 1.80 bits per heavy atom. The molecule has 0 fully saturated rings. The summed E-state index contributed by atoms with van der Waals surface area (Å²) < 4.78 is 0. The van der Waals surface area contributed by atoms with Crippen LogP contribution in [0.15, 0.2) is 12.3 Å². The number of aromatic nitrogens is 1. The van der Waals surface area contributed by atoms with Crippen LogP contribution in [-0.4, -0.2) is 11.5 Å². The fourth-order valence-electron chi connectivity index (χ4n) is 0.654. The molecule has 1 heterocycles. The summed E-state index contributed by atoms with van der Waals surface area (Å²) in [6, 6.07) is 4.64. The van der Waals surface area contributed by atoms with Gasteiger partial charge in [-0.15, -0.1) is 0 Å². The van der Waals surface area contributed by atoms with Gasteiger partial charge in [0.25, 0.3) is 0 Å². The molecule has 53 valence electrons. The first-order chi connectivity index (χ1) is 4.83. The second kappa shape index (κ2) is 3.42. The third-order valence-corrected chi connectivity index (χ3v) is 1.25. The largest absolute Gasteiger partial charge is 0.385 e. The molecule has 0 aliphatic rings. The lowest BCUT2D eigenvalue weighted by atomic mass is 10.4. The minimum absolute atomic E-state index is 0.495. The topological polar surface area (TPSA) is 24.9 Å². The molecule has 1 N–H and O–H groups in total. The predicted octanol–water partition coefficient (Wildman–Crippen LogP) is 1.97. The van der Waals surface area contributed by atoms with Gasteiger partial charge in [0.2, 0.25) is 0 Å². The standard InChI is InChI=1S/C7H8ClN2/c1-2-9-6-3-4-10-7(8)5-6/h4-5H,2H2,1H3,(H,9,10). The lowest BCUT2D eigenvalue weighted by Gasteiger charge is -1.99. The van der Waals surface area contributed by atoms with E-state index in [-0.39, 0.29) is 0 Å². The Labute approximate surface area is 65.2 Å². The first kappa shape index (κ1) is 7.35. The summed E-state index contributed by atoms with van der Waals surface area (Å²) in [5, 5.41) is 3.56. The summed E-state index contributed by atoms with van der Waals surface area (Å²) >= 11 is 5.61. The van der Waals surface area contributed by atoms with Crippen molar-refractivity contribution in [1.82, 2.24) is 4.98 Å². The van der Waals surface area contributed by atoms with Crippen LogP contribution in [0.2, 0.25) is 5.15 Å². The van der Waals surface area contributed by atoms with E-state index in [1.165, 1.54) is 0 Å². The molecule has 1 aromatic rings. The second-order valence-corrected chi connectivity index (χ2v) is 2.20. The number of hydrogen-bond donors (Lipinski definition) is 1. The van der Waals surface area contributed by atoms with E-state index in [2.05, 4.69) is 16.4 Å². The van der Waals surface area contributed by atoms with Gasteiger partial charge in [0.15, 0.2) is 0 Å². The molecule has 1 radical (unpaired) electrons. The highest BCUT2D eigenvalue weighted by molar-refractivity contribution is 6.29. The normalized spacial score (nSPS) is 9.40. The van der Waals surface area contributed by atoms with Crippen molar-refractivity contribution in [2.75, 3.05) is 11.9 Å². The zero-order valence-electron chi connectivity index (χ0n) is 5.69. The van der Waals surface area contributed by atoms with Crippen molar-refractivity contribution in [2.24, 2.45) is 0 Å². The van der Waals surface area contributed by atoms with Crippen molar-refractivity contribution in [3.05, 3.63) is 23.5 Å². The highest BCUT2D eigenvalue weighted by Gasteiger charge is 1.90. The van der Waals surface area contributed by atoms with E-state index in [1.54, 1.807) is 12.3 Å². The average Bonchev–Trinajstić information content (AvgIpc) is 1.88. The van der Waals surface area contributed by atoms with Crippen molar-refractivity contribution < 1.29 is 0 Å². The van der Waals surface area contributed by atoms with E-state index in [9.17, 15) is 0 Å². The molecule has 0 saturated carbocycles. The van der Waals surface area contributed by atoms with Gasteiger partial charge in [0, 0.05) is 24.5 Å². The number of nitrogens with zero attached hydrogens (tertiary/aromatic N) is 1. The van der Waals surface area contributed by atoms with E-state index in [1.807, 2.05) is 6.92 Å². The van der Waals surface area contributed by atoms with Crippen LogP contribution in [0.4, 0.5) is 5.69 Å². The molecule has 0 aliphatic heterocycles. The Morgan fingerprint density at radius 3 is 3.20 bits per heavy atom. The average molecular weight is 156 g/mol. The van der Waals surface area contributed by atoms with Gasteiger partial charge in [-0.1, -0.05) is 11.6 Å². The van der Waals surface area contributed by atoms with Crippen LogP contribution in [-0.2, 0) is 0 Å². The van der Waals surface area contributed by atoms with Crippen molar-refractivity contribution in [2.45, 2.75) is 6.92 Å². The Bertz CT molecular complexity index is 213. The van der Waals surface area contributed by atoms with Crippen molar-refractivity contribution in [3.8, 4) is 0 Å². The van der Waals surface area contributed by atoms with Gasteiger partial charge in [0.1, 0.15) is 5.15 Å². The molecule has 0 bridgehead atoms. The number of pyridine rings is 1. The van der Waals surface area contributed by atoms with Crippen LogP contribution >= 0.6 is 11.6 Å². The quantitative estimate of drug-likeness (QED) is 0.661. The first-order valence-corrected chi connectivity index (χ1v) is 3.48. The molecule has 2 nitrogen and oxygen atoms in total. The van der Waals surface area contributed by atoms with Crippen molar-refractivity contribution >= 4 is 17.3 Å². The smallest absolute Gasteiger partial charge is 0.131 e. The predicted molar refractivity (Wildman–Crippen MR) is 42.2 cm³/mol. The highest BCUT2D eigenvalue weighted by Crippen LogP contribution is 2.10. The second-order valence-electron chi connectivity index (χ2n) is 1.81. The summed E-state index contributed by atoms with van der Waals surface area (Å²) in [4.78, 5) is 3.79. The Hall–Kier alpha value is -0.760. The lowest BCUT2D eigenvalue weighted by Crippen LogP contribution is -1.96. The molecular weight excluding hydrogens is 148 g/mol. The maximum absolute atomic E-state index is 5.61. The molecule has 0 spiro atoms. The number of halogens is 1. The maximum atomic E-state index is 5.61. The van der Waals surface area contributed by atoms with E-state index in [4.69, 9.17) is 11.6 Å². The van der Waals surface area contributed by atoms with Gasteiger partial charge in [-0.3, -0.25) is 0 Å².